The van der Waals surface area contributed by atoms with E-state index in [1.165, 1.54) is 12.1 Å². The molecule has 1 N–H and O–H groups in total. The number of nitrogens with zero attached hydrogens (tertiary/aromatic N) is 1. The smallest absolute Gasteiger partial charge is 0.336 e. The molecule has 0 saturated carbocycles. The van der Waals surface area contributed by atoms with Crippen LogP contribution in [0.5, 0.6) is 0 Å². The monoisotopic (exact) mass is 293 g/mol. The van der Waals surface area contributed by atoms with Crippen LogP contribution in [-0.4, -0.2) is 16.1 Å². The van der Waals surface area contributed by atoms with Crippen LogP contribution in [0, 0.1) is 5.82 Å². The minimum absolute atomic E-state index is 0.0770. The summed E-state index contributed by atoms with van der Waals surface area (Å²) in [5.41, 5.74) is 2.17. The number of aromatic nitrogens is 1. The Morgan fingerprint density at radius 3 is 2.95 bits per heavy atom. The molecule has 0 spiro atoms. The number of fused-ring (bicyclic) bond motifs is 2. The Balaban J connectivity index is 2.40. The van der Waals surface area contributed by atoms with Gasteiger partial charge in [-0.3, -0.25) is 4.98 Å². The Morgan fingerprint density at radius 2 is 2.30 bits per heavy atom. The maximum absolute atomic E-state index is 13.6. The summed E-state index contributed by atoms with van der Waals surface area (Å²) in [5, 5.41) is 9.84. The van der Waals surface area contributed by atoms with Gasteiger partial charge >= 0.3 is 5.97 Å². The topological polar surface area (TPSA) is 50.2 Å². The normalized spacial score (nSPS) is 17.4. The summed E-state index contributed by atoms with van der Waals surface area (Å²) in [7, 11) is 0. The molecule has 0 fully saturated rings. The summed E-state index contributed by atoms with van der Waals surface area (Å²) in [6.45, 7) is 2.05. The first-order valence-corrected chi connectivity index (χ1v) is 6.95. The zero-order valence-corrected chi connectivity index (χ0v) is 11.7. The van der Waals surface area contributed by atoms with Gasteiger partial charge in [0.15, 0.2) is 0 Å². The first kappa shape index (κ1) is 13.3. The number of carbonyl (C=O) groups is 1. The van der Waals surface area contributed by atoms with E-state index >= 15 is 0 Å². The second kappa shape index (κ2) is 4.70. The van der Waals surface area contributed by atoms with Gasteiger partial charge in [-0.2, -0.15) is 0 Å². The molecule has 104 valence electrons. The van der Waals surface area contributed by atoms with E-state index in [4.69, 9.17) is 11.6 Å². The van der Waals surface area contributed by atoms with Crippen LogP contribution in [0.4, 0.5) is 4.39 Å². The van der Waals surface area contributed by atoms with Crippen molar-refractivity contribution in [1.29, 1.82) is 0 Å². The summed E-state index contributed by atoms with van der Waals surface area (Å²) in [6, 6.07) is 2.58. The van der Waals surface area contributed by atoms with Gasteiger partial charge in [-0.15, -0.1) is 0 Å². The highest BCUT2D eigenvalue weighted by molar-refractivity contribution is 6.31. The predicted molar refractivity (Wildman–Crippen MR) is 75.0 cm³/mol. The van der Waals surface area contributed by atoms with Crippen molar-refractivity contribution in [1.82, 2.24) is 4.98 Å². The first-order valence-electron chi connectivity index (χ1n) is 6.57. The summed E-state index contributed by atoms with van der Waals surface area (Å²) in [5.74, 6) is -1.33. The molecular weight excluding hydrogens is 281 g/mol. The lowest BCUT2D eigenvalue weighted by Gasteiger charge is -2.12. The van der Waals surface area contributed by atoms with Crippen LogP contribution >= 0.6 is 11.6 Å². The molecule has 20 heavy (non-hydrogen) atoms. The van der Waals surface area contributed by atoms with Crippen LogP contribution in [0.15, 0.2) is 12.1 Å². The summed E-state index contributed by atoms with van der Waals surface area (Å²) < 4.78 is 13.6. The van der Waals surface area contributed by atoms with Crippen molar-refractivity contribution in [2.24, 2.45) is 0 Å². The molecule has 1 heterocycles. The Labute approximate surface area is 120 Å². The first-order chi connectivity index (χ1) is 9.52. The summed E-state index contributed by atoms with van der Waals surface area (Å²) in [6.07, 6.45) is 2.50. The van der Waals surface area contributed by atoms with E-state index in [2.05, 4.69) is 11.9 Å². The summed E-state index contributed by atoms with van der Waals surface area (Å²) in [4.78, 5) is 16.1. The van der Waals surface area contributed by atoms with Gasteiger partial charge in [-0.05, 0) is 30.9 Å². The van der Waals surface area contributed by atoms with E-state index in [1.54, 1.807) is 0 Å². The van der Waals surface area contributed by atoms with E-state index in [-0.39, 0.29) is 16.5 Å². The van der Waals surface area contributed by atoms with Crippen LogP contribution in [0.2, 0.25) is 5.02 Å². The third-order valence-electron chi connectivity index (χ3n) is 4.00. The quantitative estimate of drug-likeness (QED) is 0.904. The molecule has 1 aliphatic rings. The lowest BCUT2D eigenvalue weighted by Crippen LogP contribution is -2.07. The van der Waals surface area contributed by atoms with Crippen LogP contribution < -0.4 is 0 Å². The number of pyridine rings is 1. The number of hydrogen-bond acceptors (Lipinski definition) is 2. The molecule has 0 bridgehead atoms. The van der Waals surface area contributed by atoms with E-state index in [0.29, 0.717) is 17.3 Å². The van der Waals surface area contributed by atoms with Crippen molar-refractivity contribution in [3.8, 4) is 0 Å². The van der Waals surface area contributed by atoms with Gasteiger partial charge < -0.3 is 5.11 Å². The second-order valence-electron chi connectivity index (χ2n) is 5.08. The molecule has 0 amide bonds. The average Bonchev–Trinajstić information content (AvgIpc) is 2.79. The van der Waals surface area contributed by atoms with Crippen molar-refractivity contribution in [3.05, 3.63) is 39.8 Å². The zero-order chi connectivity index (χ0) is 14.4. The highest BCUT2D eigenvalue weighted by Crippen LogP contribution is 2.39. The fourth-order valence-corrected chi connectivity index (χ4v) is 3.17. The van der Waals surface area contributed by atoms with Crippen molar-refractivity contribution in [2.75, 3.05) is 0 Å². The fourth-order valence-electron chi connectivity index (χ4n) is 3.00. The van der Waals surface area contributed by atoms with Crippen LogP contribution in [0.3, 0.4) is 0 Å². The minimum Gasteiger partial charge on any atom is -0.478 e. The molecule has 2 aromatic rings. The summed E-state index contributed by atoms with van der Waals surface area (Å²) >= 11 is 5.78. The Hall–Kier alpha value is -1.68. The van der Waals surface area contributed by atoms with Gasteiger partial charge in [0, 0.05) is 23.1 Å². The minimum atomic E-state index is -1.01. The van der Waals surface area contributed by atoms with Gasteiger partial charge in [0.1, 0.15) is 5.82 Å². The van der Waals surface area contributed by atoms with Crippen molar-refractivity contribution < 1.29 is 14.3 Å². The second-order valence-corrected chi connectivity index (χ2v) is 5.49. The molecule has 1 aliphatic carbocycles. The number of carboxylic acid groups (broad SMARTS) is 1. The lowest BCUT2D eigenvalue weighted by molar-refractivity contribution is 0.0698. The molecule has 1 unspecified atom stereocenters. The predicted octanol–water partition coefficient (Wildman–Crippen LogP) is 4.17. The van der Waals surface area contributed by atoms with Crippen molar-refractivity contribution in [3.63, 3.8) is 0 Å². The zero-order valence-electron chi connectivity index (χ0n) is 10.9. The highest BCUT2D eigenvalue weighted by Gasteiger charge is 2.29. The van der Waals surface area contributed by atoms with E-state index in [9.17, 15) is 14.3 Å². The third kappa shape index (κ3) is 1.86. The van der Waals surface area contributed by atoms with Gasteiger partial charge in [0.2, 0.25) is 0 Å². The molecule has 5 heteroatoms. The maximum Gasteiger partial charge on any atom is 0.336 e. The van der Waals surface area contributed by atoms with Crippen LogP contribution in [0.25, 0.3) is 10.9 Å². The molecule has 3 rings (SSSR count). The van der Waals surface area contributed by atoms with Gasteiger partial charge in [-0.1, -0.05) is 18.5 Å². The third-order valence-corrected chi connectivity index (χ3v) is 4.29. The van der Waals surface area contributed by atoms with Gasteiger partial charge in [0.05, 0.1) is 16.1 Å². The van der Waals surface area contributed by atoms with Crippen LogP contribution in [0.1, 0.15) is 47.3 Å². The molecule has 1 aromatic heterocycles. The number of benzene rings is 1. The SMILES string of the molecule is CCC1CCc2c1nc1cc(F)c(Cl)cc1c2C(=O)O. The molecule has 0 saturated heterocycles. The molecule has 3 nitrogen and oxygen atoms in total. The van der Waals surface area contributed by atoms with E-state index in [0.717, 1.165) is 24.1 Å². The molecule has 0 aliphatic heterocycles. The van der Waals surface area contributed by atoms with Crippen LogP contribution in [-0.2, 0) is 6.42 Å². The Morgan fingerprint density at radius 1 is 1.55 bits per heavy atom. The molecule has 1 aromatic carbocycles. The Kier molecular flexibility index (Phi) is 3.13. The maximum atomic E-state index is 13.6. The Bertz CT molecular complexity index is 730. The number of aromatic carboxylic acids is 1. The highest BCUT2D eigenvalue weighted by atomic mass is 35.5. The van der Waals surface area contributed by atoms with E-state index < -0.39 is 11.8 Å². The number of rotatable bonds is 2. The largest absolute Gasteiger partial charge is 0.478 e. The van der Waals surface area contributed by atoms with Gasteiger partial charge in [-0.25, -0.2) is 9.18 Å². The molecule has 0 radical (unpaired) electrons. The lowest BCUT2D eigenvalue weighted by atomic mass is 9.99. The molecular formula is C15H13ClFNO2. The average molecular weight is 294 g/mol. The standard InChI is InChI=1S/C15H13ClFNO2/c1-2-7-3-4-8-13(15(19)20)9-5-10(16)11(17)6-12(9)18-14(7)8/h5-7H,2-4H2,1H3,(H,19,20). The number of hydrogen-bond donors (Lipinski definition) is 1. The van der Waals surface area contributed by atoms with Crippen molar-refractivity contribution in [2.45, 2.75) is 32.1 Å². The number of halogens is 2. The van der Waals surface area contributed by atoms with Gasteiger partial charge in [0.25, 0.3) is 0 Å². The molecule has 1 atom stereocenters. The van der Waals surface area contributed by atoms with E-state index in [1.807, 2.05) is 0 Å². The van der Waals surface area contributed by atoms with Crippen molar-refractivity contribution >= 4 is 28.5 Å². The fraction of sp³-hybridized carbons (Fsp3) is 0.333. The number of carboxylic acids is 1.